The molecule has 0 unspecified atom stereocenters. The van der Waals surface area contributed by atoms with Crippen LogP contribution in [0.1, 0.15) is 12.5 Å². The molecule has 0 aliphatic rings. The summed E-state index contributed by atoms with van der Waals surface area (Å²) < 4.78 is 1.79. The zero-order valence-electron chi connectivity index (χ0n) is 13.2. The number of pyridine rings is 1. The second-order valence-electron chi connectivity index (χ2n) is 5.34. The number of aromatic nitrogens is 3. The normalized spacial score (nSPS) is 11.8. The molecular formula is C15H22N6O. The number of carbonyl (C=O) groups excluding carboxylic acids is 1. The molecule has 2 amide bonds. The van der Waals surface area contributed by atoms with Crippen LogP contribution in [-0.2, 0) is 13.1 Å². The highest BCUT2D eigenvalue weighted by atomic mass is 16.2. The summed E-state index contributed by atoms with van der Waals surface area (Å²) in [4.78, 5) is 18.2. The third-order valence-electron chi connectivity index (χ3n) is 3.13. The molecule has 2 aromatic heterocycles. The molecule has 2 N–H and O–H groups in total. The van der Waals surface area contributed by atoms with Crippen LogP contribution in [-0.4, -0.2) is 40.9 Å². The third-order valence-corrected chi connectivity index (χ3v) is 3.13. The minimum absolute atomic E-state index is 0.0119. The molecule has 0 radical (unpaired) electrons. The Morgan fingerprint density at radius 2 is 2.18 bits per heavy atom. The number of rotatable bonds is 6. The number of amides is 2. The lowest BCUT2D eigenvalue weighted by Gasteiger charge is -2.17. The fourth-order valence-corrected chi connectivity index (χ4v) is 2.16. The molecule has 7 heteroatoms. The molecule has 2 aromatic rings. The van der Waals surface area contributed by atoms with E-state index in [1.807, 2.05) is 50.3 Å². The number of carbonyl (C=O) groups is 1. The minimum atomic E-state index is -0.201. The van der Waals surface area contributed by atoms with Gasteiger partial charge < -0.3 is 15.5 Å². The van der Waals surface area contributed by atoms with Crippen LogP contribution in [0.25, 0.3) is 0 Å². The molecule has 0 aliphatic heterocycles. The van der Waals surface area contributed by atoms with E-state index in [4.69, 9.17) is 0 Å². The molecule has 22 heavy (non-hydrogen) atoms. The van der Waals surface area contributed by atoms with Gasteiger partial charge in [-0.2, -0.15) is 5.10 Å². The molecule has 2 heterocycles. The van der Waals surface area contributed by atoms with Gasteiger partial charge in [-0.3, -0.25) is 4.68 Å². The highest BCUT2D eigenvalue weighted by Gasteiger charge is 2.10. The van der Waals surface area contributed by atoms with E-state index < -0.39 is 0 Å². The first-order chi connectivity index (χ1) is 10.6. The summed E-state index contributed by atoms with van der Waals surface area (Å²) in [5.74, 6) is 0.854. The van der Waals surface area contributed by atoms with Gasteiger partial charge in [-0.25, -0.2) is 9.78 Å². The summed E-state index contributed by atoms with van der Waals surface area (Å²) in [5, 5.41) is 9.87. The fourth-order valence-electron chi connectivity index (χ4n) is 2.16. The van der Waals surface area contributed by atoms with Gasteiger partial charge in [-0.1, -0.05) is 6.07 Å². The van der Waals surface area contributed by atoms with Crippen molar-refractivity contribution < 1.29 is 4.79 Å². The van der Waals surface area contributed by atoms with Gasteiger partial charge >= 0.3 is 6.03 Å². The zero-order valence-corrected chi connectivity index (χ0v) is 13.2. The molecule has 7 nitrogen and oxygen atoms in total. The van der Waals surface area contributed by atoms with E-state index in [9.17, 15) is 4.79 Å². The maximum absolute atomic E-state index is 12.0. The van der Waals surface area contributed by atoms with Crippen molar-refractivity contribution >= 4 is 11.8 Å². The Kier molecular flexibility index (Phi) is 5.35. The summed E-state index contributed by atoms with van der Waals surface area (Å²) >= 11 is 0. The van der Waals surface area contributed by atoms with Crippen molar-refractivity contribution in [3.05, 3.63) is 42.4 Å². The summed E-state index contributed by atoms with van der Waals surface area (Å²) in [6.07, 6.45) is 5.33. The van der Waals surface area contributed by atoms with Gasteiger partial charge in [-0.05, 0) is 19.1 Å². The smallest absolute Gasteiger partial charge is 0.315 e. The van der Waals surface area contributed by atoms with Crippen molar-refractivity contribution in [2.45, 2.75) is 26.1 Å². The molecule has 0 aliphatic carbocycles. The number of urea groups is 1. The molecular weight excluding hydrogens is 280 g/mol. The third kappa shape index (κ3) is 4.47. The van der Waals surface area contributed by atoms with E-state index in [0.717, 1.165) is 11.4 Å². The predicted molar refractivity (Wildman–Crippen MR) is 85.6 cm³/mol. The van der Waals surface area contributed by atoms with Gasteiger partial charge in [0, 0.05) is 50.8 Å². The zero-order chi connectivity index (χ0) is 15.9. The first-order valence-corrected chi connectivity index (χ1v) is 7.19. The van der Waals surface area contributed by atoms with Gasteiger partial charge in [0.25, 0.3) is 0 Å². The maximum Gasteiger partial charge on any atom is 0.315 e. The van der Waals surface area contributed by atoms with E-state index >= 15 is 0 Å². The van der Waals surface area contributed by atoms with E-state index in [1.165, 1.54) is 0 Å². The lowest BCUT2D eigenvalue weighted by Crippen LogP contribution is -2.42. The van der Waals surface area contributed by atoms with Crippen molar-refractivity contribution in [2.24, 2.45) is 0 Å². The van der Waals surface area contributed by atoms with Gasteiger partial charge in [0.15, 0.2) is 0 Å². The van der Waals surface area contributed by atoms with E-state index in [1.54, 1.807) is 17.1 Å². The SMILES string of the molecule is C[C@@H](Cn1cccn1)NC(=O)NCc1cccnc1N(C)C. The summed E-state index contributed by atoms with van der Waals surface area (Å²) in [6, 6.07) is 5.46. The van der Waals surface area contributed by atoms with Crippen LogP contribution in [0.3, 0.4) is 0 Å². The Labute approximate surface area is 130 Å². The first-order valence-electron chi connectivity index (χ1n) is 7.19. The van der Waals surface area contributed by atoms with E-state index in [0.29, 0.717) is 13.1 Å². The number of nitrogens with one attached hydrogen (secondary N) is 2. The van der Waals surface area contributed by atoms with E-state index in [2.05, 4.69) is 20.7 Å². The average molecular weight is 302 g/mol. The number of anilines is 1. The van der Waals surface area contributed by atoms with Crippen molar-refractivity contribution in [1.82, 2.24) is 25.4 Å². The average Bonchev–Trinajstić information content (AvgIpc) is 2.98. The standard InChI is InChI=1S/C15H22N6O/c1-12(11-21-9-5-8-18-21)19-15(22)17-10-13-6-4-7-16-14(13)20(2)3/h4-9,12H,10-11H2,1-3H3,(H2,17,19,22)/t12-/m0/s1. The molecule has 0 fully saturated rings. The topological polar surface area (TPSA) is 75.1 Å². The largest absolute Gasteiger partial charge is 0.362 e. The molecule has 0 bridgehead atoms. The second-order valence-corrected chi connectivity index (χ2v) is 5.34. The van der Waals surface area contributed by atoms with Gasteiger partial charge in [-0.15, -0.1) is 0 Å². The monoisotopic (exact) mass is 302 g/mol. The van der Waals surface area contributed by atoms with Crippen LogP contribution < -0.4 is 15.5 Å². The molecule has 0 aromatic carbocycles. The maximum atomic E-state index is 12.0. The second kappa shape index (κ2) is 7.44. The Morgan fingerprint density at radius 1 is 1.36 bits per heavy atom. The highest BCUT2D eigenvalue weighted by Crippen LogP contribution is 2.13. The Bertz CT molecular complexity index is 596. The number of nitrogens with zero attached hydrogens (tertiary/aromatic N) is 4. The van der Waals surface area contributed by atoms with Gasteiger partial charge in [0.05, 0.1) is 6.54 Å². The van der Waals surface area contributed by atoms with Gasteiger partial charge in [0.1, 0.15) is 5.82 Å². The van der Waals surface area contributed by atoms with Crippen molar-refractivity contribution in [3.63, 3.8) is 0 Å². The Morgan fingerprint density at radius 3 is 2.86 bits per heavy atom. The van der Waals surface area contributed by atoms with Crippen LogP contribution in [0.4, 0.5) is 10.6 Å². The summed E-state index contributed by atoms with van der Waals surface area (Å²) in [5.41, 5.74) is 0.974. The fraction of sp³-hybridized carbons (Fsp3) is 0.400. The Balaban J connectivity index is 1.83. The quantitative estimate of drug-likeness (QED) is 0.841. The lowest BCUT2D eigenvalue weighted by atomic mass is 10.2. The van der Waals surface area contributed by atoms with Crippen molar-refractivity contribution in [2.75, 3.05) is 19.0 Å². The first kappa shape index (κ1) is 15.8. The predicted octanol–water partition coefficient (Wildman–Crippen LogP) is 1.23. The molecule has 118 valence electrons. The lowest BCUT2D eigenvalue weighted by molar-refractivity contribution is 0.235. The van der Waals surface area contributed by atoms with Crippen LogP contribution >= 0.6 is 0 Å². The summed E-state index contributed by atoms with van der Waals surface area (Å²) in [7, 11) is 3.86. The van der Waals surface area contributed by atoms with E-state index in [-0.39, 0.29) is 12.1 Å². The molecule has 2 rings (SSSR count). The number of hydrogen-bond donors (Lipinski definition) is 2. The molecule has 0 spiro atoms. The van der Waals surface area contributed by atoms with Crippen molar-refractivity contribution in [1.29, 1.82) is 0 Å². The molecule has 0 saturated heterocycles. The van der Waals surface area contributed by atoms with Gasteiger partial charge in [0.2, 0.25) is 0 Å². The molecule has 0 saturated carbocycles. The highest BCUT2D eigenvalue weighted by molar-refractivity contribution is 5.74. The van der Waals surface area contributed by atoms with Crippen molar-refractivity contribution in [3.8, 4) is 0 Å². The molecule has 1 atom stereocenters. The minimum Gasteiger partial charge on any atom is -0.362 e. The van der Waals surface area contributed by atoms with Crippen LogP contribution in [0.15, 0.2) is 36.8 Å². The summed E-state index contributed by atoms with van der Waals surface area (Å²) in [6.45, 7) is 3.01. The Hall–Kier alpha value is -2.57. The number of hydrogen-bond acceptors (Lipinski definition) is 4. The van der Waals surface area contributed by atoms with Crippen LogP contribution in [0, 0.1) is 0 Å². The van der Waals surface area contributed by atoms with Crippen LogP contribution in [0.2, 0.25) is 0 Å². The van der Waals surface area contributed by atoms with Crippen LogP contribution in [0.5, 0.6) is 0 Å².